The zero-order chi connectivity index (χ0) is 17.7. The minimum absolute atomic E-state index is 0.0854. The Kier molecular flexibility index (Phi) is 5.63. The van der Waals surface area contributed by atoms with Crippen molar-refractivity contribution in [3.05, 3.63) is 71.8 Å². The average Bonchev–Trinajstić information content (AvgIpc) is 2.60. The van der Waals surface area contributed by atoms with Gasteiger partial charge in [-0.25, -0.2) is 13.8 Å². The van der Waals surface area contributed by atoms with Crippen LogP contribution in [0.3, 0.4) is 0 Å². The topological polar surface area (TPSA) is 44.7 Å². The third-order valence-electron chi connectivity index (χ3n) is 3.54. The van der Waals surface area contributed by atoms with Gasteiger partial charge in [-0.2, -0.15) is 0 Å². The Morgan fingerprint density at radius 3 is 2.71 bits per heavy atom. The second kappa shape index (κ2) is 7.68. The molecule has 6 heteroatoms. The molecule has 1 amide bonds. The Morgan fingerprint density at radius 2 is 2.12 bits per heavy atom. The fraction of sp³-hybridized carbons (Fsp3) is 0.222. The summed E-state index contributed by atoms with van der Waals surface area (Å²) in [5.41, 5.74) is 1.63. The molecule has 0 fully saturated rings. The molecule has 0 aliphatic carbocycles. The van der Waals surface area contributed by atoms with Crippen LogP contribution in [0.25, 0.3) is 0 Å². The number of nitrogens with zero attached hydrogens (tertiary/aromatic N) is 2. The maximum Gasteiger partial charge on any atom is 0.268 e. The molecule has 2 rings (SSSR count). The van der Waals surface area contributed by atoms with Gasteiger partial charge in [-0.3, -0.25) is 9.69 Å². The number of rotatable bonds is 5. The fourth-order valence-electron chi connectivity index (χ4n) is 2.26. The quantitative estimate of drug-likeness (QED) is 0.895. The van der Waals surface area contributed by atoms with E-state index in [2.05, 4.69) is 16.9 Å². The molecule has 0 aromatic heterocycles. The summed E-state index contributed by atoms with van der Waals surface area (Å²) in [5.74, 6) is -1.59. The van der Waals surface area contributed by atoms with Crippen LogP contribution in [0.4, 0.5) is 8.78 Å². The van der Waals surface area contributed by atoms with Crippen LogP contribution in [0.1, 0.15) is 25.8 Å². The number of hydrogen-bond donors (Lipinski definition) is 1. The highest BCUT2D eigenvalue weighted by atomic mass is 19.2. The summed E-state index contributed by atoms with van der Waals surface area (Å²) in [5, 5.41) is 2.70. The molecule has 0 unspecified atom stereocenters. The van der Waals surface area contributed by atoms with E-state index in [0.717, 1.165) is 17.8 Å². The van der Waals surface area contributed by atoms with Gasteiger partial charge >= 0.3 is 0 Å². The predicted octanol–water partition coefficient (Wildman–Crippen LogP) is 3.64. The molecule has 1 aliphatic rings. The van der Waals surface area contributed by atoms with Crippen LogP contribution in [-0.2, 0) is 11.3 Å². The lowest BCUT2D eigenvalue weighted by molar-refractivity contribution is -0.118. The number of carbonyl (C=O) groups is 1. The minimum Gasteiger partial charge on any atom is -0.347 e. The van der Waals surface area contributed by atoms with Crippen molar-refractivity contribution in [3.8, 4) is 0 Å². The van der Waals surface area contributed by atoms with Crippen LogP contribution in [0.5, 0.6) is 0 Å². The highest BCUT2D eigenvalue weighted by Crippen LogP contribution is 2.21. The second-order valence-electron chi connectivity index (χ2n) is 5.12. The Labute approximate surface area is 139 Å². The van der Waals surface area contributed by atoms with Gasteiger partial charge in [-0.15, -0.1) is 0 Å². The number of halogens is 2. The number of nitrogens with one attached hydrogen (secondary N) is 1. The van der Waals surface area contributed by atoms with Gasteiger partial charge in [0.1, 0.15) is 11.5 Å². The van der Waals surface area contributed by atoms with Gasteiger partial charge in [0.25, 0.3) is 5.91 Å². The molecule has 0 radical (unpaired) electrons. The third-order valence-corrected chi connectivity index (χ3v) is 3.54. The SMILES string of the molecule is C=CN1C(C(=O)NCc2ccc(F)c(F)c2)=CC(CC)=N/C1=C/C. The van der Waals surface area contributed by atoms with Crippen LogP contribution in [0.2, 0.25) is 0 Å². The number of aliphatic imine (C=N–C) groups is 1. The molecule has 126 valence electrons. The highest BCUT2D eigenvalue weighted by Gasteiger charge is 2.22. The summed E-state index contributed by atoms with van der Waals surface area (Å²) < 4.78 is 26.2. The first kappa shape index (κ1) is 17.6. The van der Waals surface area contributed by atoms with E-state index in [4.69, 9.17) is 0 Å². The molecule has 1 N–H and O–H groups in total. The summed E-state index contributed by atoms with van der Waals surface area (Å²) in [4.78, 5) is 18.5. The van der Waals surface area contributed by atoms with Crippen LogP contribution >= 0.6 is 0 Å². The molecule has 0 saturated carbocycles. The van der Waals surface area contributed by atoms with E-state index in [0.29, 0.717) is 23.5 Å². The third kappa shape index (κ3) is 3.76. The lowest BCUT2D eigenvalue weighted by Crippen LogP contribution is -2.34. The van der Waals surface area contributed by atoms with Crippen molar-refractivity contribution in [1.29, 1.82) is 0 Å². The fourth-order valence-corrected chi connectivity index (χ4v) is 2.26. The summed E-state index contributed by atoms with van der Waals surface area (Å²) in [6.45, 7) is 7.57. The Morgan fingerprint density at radius 1 is 1.38 bits per heavy atom. The van der Waals surface area contributed by atoms with Gasteiger partial charge in [0, 0.05) is 18.5 Å². The van der Waals surface area contributed by atoms with Crippen molar-refractivity contribution >= 4 is 11.6 Å². The first-order valence-electron chi connectivity index (χ1n) is 7.59. The monoisotopic (exact) mass is 331 g/mol. The number of carbonyl (C=O) groups excluding carboxylic acids is 1. The number of hydrogen-bond acceptors (Lipinski definition) is 3. The van der Waals surface area contributed by atoms with Crippen LogP contribution < -0.4 is 5.32 Å². The molecule has 0 atom stereocenters. The Hall–Kier alpha value is -2.76. The number of amides is 1. The first-order valence-corrected chi connectivity index (χ1v) is 7.59. The van der Waals surface area contributed by atoms with Gasteiger partial charge in [0.05, 0.1) is 0 Å². The minimum atomic E-state index is -0.942. The molecular formula is C18H19F2N3O. The zero-order valence-electron chi connectivity index (χ0n) is 13.6. The van der Waals surface area contributed by atoms with Gasteiger partial charge in [0.15, 0.2) is 11.6 Å². The molecule has 24 heavy (non-hydrogen) atoms. The molecule has 0 spiro atoms. The summed E-state index contributed by atoms with van der Waals surface area (Å²) >= 11 is 0. The van der Waals surface area contributed by atoms with Gasteiger partial charge < -0.3 is 5.32 Å². The smallest absolute Gasteiger partial charge is 0.268 e. The summed E-state index contributed by atoms with van der Waals surface area (Å²) in [6.07, 6.45) is 5.67. The molecule has 4 nitrogen and oxygen atoms in total. The molecule has 1 aromatic carbocycles. The molecule has 0 bridgehead atoms. The normalized spacial score (nSPS) is 15.8. The van der Waals surface area contributed by atoms with E-state index in [1.54, 1.807) is 17.1 Å². The van der Waals surface area contributed by atoms with Crippen molar-refractivity contribution in [1.82, 2.24) is 10.2 Å². The lowest BCUT2D eigenvalue weighted by Gasteiger charge is -2.26. The largest absolute Gasteiger partial charge is 0.347 e. The van der Waals surface area contributed by atoms with E-state index in [1.165, 1.54) is 12.3 Å². The predicted molar refractivity (Wildman–Crippen MR) is 89.8 cm³/mol. The van der Waals surface area contributed by atoms with Crippen molar-refractivity contribution in [3.63, 3.8) is 0 Å². The van der Waals surface area contributed by atoms with Gasteiger partial charge in [0.2, 0.25) is 0 Å². The molecule has 1 heterocycles. The Balaban J connectivity index is 2.17. The molecular weight excluding hydrogens is 312 g/mol. The van der Waals surface area contributed by atoms with Crippen molar-refractivity contribution in [2.75, 3.05) is 0 Å². The molecule has 1 aromatic rings. The van der Waals surface area contributed by atoms with E-state index in [-0.39, 0.29) is 12.5 Å². The zero-order valence-corrected chi connectivity index (χ0v) is 13.6. The second-order valence-corrected chi connectivity index (χ2v) is 5.12. The standard InChI is InChI=1S/C18H19F2N3O/c1-4-13-10-16(23(6-3)17(5-2)22-13)18(24)21-11-12-7-8-14(19)15(20)9-12/h5-10H,3-4,11H2,1-2H3,(H,21,24)/b17-5-. The maximum absolute atomic E-state index is 13.2. The van der Waals surface area contributed by atoms with E-state index in [9.17, 15) is 13.6 Å². The molecule has 0 saturated heterocycles. The van der Waals surface area contributed by atoms with E-state index >= 15 is 0 Å². The van der Waals surface area contributed by atoms with Crippen molar-refractivity contribution in [2.45, 2.75) is 26.8 Å². The number of allylic oxidation sites excluding steroid dienone is 2. The van der Waals surface area contributed by atoms with Crippen LogP contribution in [0.15, 0.2) is 59.6 Å². The van der Waals surface area contributed by atoms with Crippen LogP contribution in [-0.4, -0.2) is 16.5 Å². The van der Waals surface area contributed by atoms with Gasteiger partial charge in [-0.05, 0) is 43.2 Å². The average molecular weight is 331 g/mol. The Bertz CT molecular complexity index is 751. The first-order chi connectivity index (χ1) is 11.5. The van der Waals surface area contributed by atoms with Gasteiger partial charge in [-0.1, -0.05) is 19.6 Å². The number of benzene rings is 1. The lowest BCUT2D eigenvalue weighted by atomic mass is 10.1. The van der Waals surface area contributed by atoms with E-state index < -0.39 is 11.6 Å². The van der Waals surface area contributed by atoms with Crippen molar-refractivity contribution in [2.24, 2.45) is 4.99 Å². The molecule has 1 aliphatic heterocycles. The summed E-state index contributed by atoms with van der Waals surface area (Å²) in [7, 11) is 0. The van der Waals surface area contributed by atoms with E-state index in [1.807, 2.05) is 13.8 Å². The van der Waals surface area contributed by atoms with Crippen LogP contribution in [0, 0.1) is 11.6 Å². The highest BCUT2D eigenvalue weighted by molar-refractivity contribution is 6.05. The summed E-state index contributed by atoms with van der Waals surface area (Å²) in [6, 6.07) is 3.52. The van der Waals surface area contributed by atoms with Crippen molar-refractivity contribution < 1.29 is 13.6 Å². The maximum atomic E-state index is 13.2.